The third-order valence-corrected chi connectivity index (χ3v) is 3.91. The summed E-state index contributed by atoms with van der Waals surface area (Å²) in [5, 5.41) is 13.0. The number of phenols is 1. The third-order valence-electron chi connectivity index (χ3n) is 3.91. The molecule has 1 aromatic rings. The third kappa shape index (κ3) is 2.96. The summed E-state index contributed by atoms with van der Waals surface area (Å²) in [4.78, 5) is 0. The quantitative estimate of drug-likeness (QED) is 0.806. The van der Waals surface area contributed by atoms with Crippen molar-refractivity contribution in [1.29, 1.82) is 0 Å². The minimum absolute atomic E-state index is 0.000735. The molecule has 2 unspecified atom stereocenters. The van der Waals surface area contributed by atoms with E-state index in [4.69, 9.17) is 4.74 Å². The van der Waals surface area contributed by atoms with Crippen LogP contribution in [0.1, 0.15) is 38.7 Å². The van der Waals surface area contributed by atoms with Gasteiger partial charge in [-0.2, -0.15) is 0 Å². The van der Waals surface area contributed by atoms with E-state index >= 15 is 0 Å². The molecule has 3 heteroatoms. The van der Waals surface area contributed by atoms with Crippen molar-refractivity contribution in [2.75, 3.05) is 11.9 Å². The lowest BCUT2D eigenvalue weighted by Gasteiger charge is -2.38. The molecule has 1 aliphatic rings. The zero-order valence-electron chi connectivity index (χ0n) is 11.5. The van der Waals surface area contributed by atoms with Gasteiger partial charge in [-0.15, -0.1) is 0 Å². The zero-order valence-corrected chi connectivity index (χ0v) is 11.5. The van der Waals surface area contributed by atoms with Crippen molar-refractivity contribution in [3.8, 4) is 5.75 Å². The van der Waals surface area contributed by atoms with E-state index in [9.17, 15) is 5.11 Å². The molecule has 1 aliphatic heterocycles. The number of anilines is 1. The Balaban J connectivity index is 2.05. The summed E-state index contributed by atoms with van der Waals surface area (Å²) in [7, 11) is 0. The number of benzene rings is 1. The number of hydrogen-bond donors (Lipinski definition) is 2. The van der Waals surface area contributed by atoms with E-state index in [1.165, 1.54) is 0 Å². The highest BCUT2D eigenvalue weighted by Crippen LogP contribution is 2.30. The molecule has 1 aromatic carbocycles. The second-order valence-electron chi connectivity index (χ2n) is 5.49. The predicted octanol–water partition coefficient (Wildman–Crippen LogP) is 3.46. The van der Waals surface area contributed by atoms with Gasteiger partial charge in [0, 0.05) is 18.3 Å². The molecule has 2 atom stereocenters. The van der Waals surface area contributed by atoms with Crippen molar-refractivity contribution in [2.24, 2.45) is 0 Å². The Morgan fingerprint density at radius 2 is 2.28 bits per heavy atom. The van der Waals surface area contributed by atoms with Crippen molar-refractivity contribution in [3.63, 3.8) is 0 Å². The Morgan fingerprint density at radius 3 is 2.94 bits per heavy atom. The number of nitrogens with one attached hydrogen (secondary N) is 1. The molecule has 3 nitrogen and oxygen atoms in total. The van der Waals surface area contributed by atoms with E-state index in [1.54, 1.807) is 12.1 Å². The average molecular weight is 249 g/mol. The molecular weight excluding hydrogens is 226 g/mol. The maximum Gasteiger partial charge on any atom is 0.115 e. The van der Waals surface area contributed by atoms with Gasteiger partial charge in [-0.05, 0) is 56.9 Å². The van der Waals surface area contributed by atoms with Gasteiger partial charge in [-0.3, -0.25) is 0 Å². The lowest BCUT2D eigenvalue weighted by Crippen LogP contribution is -2.41. The topological polar surface area (TPSA) is 41.5 Å². The Labute approximate surface area is 109 Å². The van der Waals surface area contributed by atoms with E-state index in [1.807, 2.05) is 13.0 Å². The highest BCUT2D eigenvalue weighted by Gasteiger charge is 2.31. The maximum atomic E-state index is 9.42. The van der Waals surface area contributed by atoms with Gasteiger partial charge in [0.2, 0.25) is 0 Å². The number of aromatic hydroxyl groups is 1. The molecule has 1 heterocycles. The van der Waals surface area contributed by atoms with E-state index in [2.05, 4.69) is 19.2 Å². The molecule has 0 bridgehead atoms. The van der Waals surface area contributed by atoms with Gasteiger partial charge in [0.15, 0.2) is 0 Å². The Kier molecular flexibility index (Phi) is 3.81. The van der Waals surface area contributed by atoms with Gasteiger partial charge < -0.3 is 15.2 Å². The van der Waals surface area contributed by atoms with Gasteiger partial charge in [-0.1, -0.05) is 6.92 Å². The fraction of sp³-hybridized carbons (Fsp3) is 0.600. The fourth-order valence-electron chi connectivity index (χ4n) is 2.53. The molecule has 2 N–H and O–H groups in total. The average Bonchev–Trinajstić information content (AvgIpc) is 2.33. The monoisotopic (exact) mass is 249 g/mol. The summed E-state index contributed by atoms with van der Waals surface area (Å²) in [6.45, 7) is 7.19. The summed E-state index contributed by atoms with van der Waals surface area (Å²) < 4.78 is 5.85. The molecule has 0 amide bonds. The normalized spacial score (nSPS) is 28.1. The van der Waals surface area contributed by atoms with Crippen LogP contribution in [-0.2, 0) is 4.74 Å². The molecular formula is C15H23NO2. The van der Waals surface area contributed by atoms with Gasteiger partial charge in [-0.25, -0.2) is 0 Å². The van der Waals surface area contributed by atoms with Crippen molar-refractivity contribution in [3.05, 3.63) is 23.8 Å². The first-order valence-electron chi connectivity index (χ1n) is 6.72. The molecule has 0 aliphatic carbocycles. The second kappa shape index (κ2) is 5.19. The minimum Gasteiger partial charge on any atom is -0.508 e. The van der Waals surface area contributed by atoms with Gasteiger partial charge in [0.25, 0.3) is 0 Å². The van der Waals surface area contributed by atoms with Crippen LogP contribution in [0.3, 0.4) is 0 Å². The van der Waals surface area contributed by atoms with Gasteiger partial charge in [0.1, 0.15) is 5.75 Å². The summed E-state index contributed by atoms with van der Waals surface area (Å²) in [5.41, 5.74) is 2.19. The van der Waals surface area contributed by atoms with Crippen LogP contribution >= 0.6 is 0 Å². The molecule has 0 saturated carbocycles. The molecule has 18 heavy (non-hydrogen) atoms. The first-order chi connectivity index (χ1) is 8.52. The van der Waals surface area contributed by atoms with E-state index in [0.717, 1.165) is 37.1 Å². The SMILES string of the molecule is CCC1(C)CC(Nc2ccc(O)cc2C)CCO1. The molecule has 2 rings (SSSR count). The summed E-state index contributed by atoms with van der Waals surface area (Å²) in [5.74, 6) is 0.323. The molecule has 0 aromatic heterocycles. The van der Waals surface area contributed by atoms with E-state index in [0.29, 0.717) is 11.8 Å². The van der Waals surface area contributed by atoms with E-state index < -0.39 is 0 Å². The van der Waals surface area contributed by atoms with Crippen LogP contribution in [0.2, 0.25) is 0 Å². The molecule has 0 radical (unpaired) electrons. The van der Waals surface area contributed by atoms with Crippen molar-refractivity contribution in [1.82, 2.24) is 0 Å². The van der Waals surface area contributed by atoms with E-state index in [-0.39, 0.29) is 5.60 Å². The number of aryl methyl sites for hydroxylation is 1. The van der Waals surface area contributed by atoms with Crippen molar-refractivity contribution in [2.45, 2.75) is 51.7 Å². The number of rotatable bonds is 3. The Hall–Kier alpha value is -1.22. The molecule has 1 fully saturated rings. The first kappa shape index (κ1) is 13.2. The first-order valence-corrected chi connectivity index (χ1v) is 6.72. The minimum atomic E-state index is 0.000735. The van der Waals surface area contributed by atoms with Crippen LogP contribution in [0.4, 0.5) is 5.69 Å². The van der Waals surface area contributed by atoms with Gasteiger partial charge >= 0.3 is 0 Å². The summed E-state index contributed by atoms with van der Waals surface area (Å²) in [6, 6.07) is 5.92. The smallest absolute Gasteiger partial charge is 0.115 e. The van der Waals surface area contributed by atoms with Crippen LogP contribution in [-0.4, -0.2) is 23.4 Å². The lowest BCUT2D eigenvalue weighted by atomic mass is 9.89. The standard InChI is InChI=1S/C15H23NO2/c1-4-15(3)10-12(7-8-18-15)16-14-6-5-13(17)9-11(14)2/h5-6,9,12,16-17H,4,7-8,10H2,1-3H3. The number of ether oxygens (including phenoxy) is 1. The lowest BCUT2D eigenvalue weighted by molar-refractivity contribution is -0.0708. The van der Waals surface area contributed by atoms with Crippen LogP contribution in [0.15, 0.2) is 18.2 Å². The molecule has 0 spiro atoms. The maximum absolute atomic E-state index is 9.42. The summed E-state index contributed by atoms with van der Waals surface area (Å²) >= 11 is 0. The van der Waals surface area contributed by atoms with Crippen LogP contribution < -0.4 is 5.32 Å². The van der Waals surface area contributed by atoms with Crippen molar-refractivity contribution < 1.29 is 9.84 Å². The number of hydrogen-bond acceptors (Lipinski definition) is 3. The van der Waals surface area contributed by atoms with Crippen LogP contribution in [0.5, 0.6) is 5.75 Å². The Morgan fingerprint density at radius 1 is 1.50 bits per heavy atom. The molecule has 1 saturated heterocycles. The largest absolute Gasteiger partial charge is 0.508 e. The predicted molar refractivity (Wildman–Crippen MR) is 74.1 cm³/mol. The molecule has 100 valence electrons. The Bertz CT molecular complexity index is 419. The van der Waals surface area contributed by atoms with Crippen molar-refractivity contribution >= 4 is 5.69 Å². The fourth-order valence-corrected chi connectivity index (χ4v) is 2.53. The highest BCUT2D eigenvalue weighted by molar-refractivity contribution is 5.54. The second-order valence-corrected chi connectivity index (χ2v) is 5.49. The van der Waals surface area contributed by atoms with Crippen LogP contribution in [0, 0.1) is 6.92 Å². The highest BCUT2D eigenvalue weighted by atomic mass is 16.5. The van der Waals surface area contributed by atoms with Crippen LogP contribution in [0.25, 0.3) is 0 Å². The summed E-state index contributed by atoms with van der Waals surface area (Å²) in [6.07, 6.45) is 3.11. The number of phenolic OH excluding ortho intramolecular Hbond substituents is 1. The zero-order chi connectivity index (χ0) is 13.2. The van der Waals surface area contributed by atoms with Gasteiger partial charge in [0.05, 0.1) is 5.60 Å².